The second kappa shape index (κ2) is 6.00. The van der Waals surface area contributed by atoms with E-state index in [9.17, 15) is 19.3 Å². The van der Waals surface area contributed by atoms with E-state index in [1.54, 1.807) is 24.3 Å². The summed E-state index contributed by atoms with van der Waals surface area (Å²) in [6.45, 7) is 0.188. The van der Waals surface area contributed by atoms with Gasteiger partial charge in [-0.15, -0.1) is 0 Å². The van der Waals surface area contributed by atoms with Crippen molar-refractivity contribution in [3.8, 4) is 0 Å². The number of nitrogen functional groups attached to an aromatic ring is 1. The van der Waals surface area contributed by atoms with Crippen LogP contribution in [0.15, 0.2) is 42.5 Å². The number of nitro groups is 1. The van der Waals surface area contributed by atoms with Crippen LogP contribution in [0.5, 0.6) is 0 Å². The van der Waals surface area contributed by atoms with Crippen LogP contribution in [0, 0.1) is 15.9 Å². The normalized spacial score (nSPS) is 10.1. The second-order valence-corrected chi connectivity index (χ2v) is 4.34. The van der Waals surface area contributed by atoms with Crippen LogP contribution in [0.2, 0.25) is 0 Å². The summed E-state index contributed by atoms with van der Waals surface area (Å²) in [5, 5.41) is 13.4. The summed E-state index contributed by atoms with van der Waals surface area (Å²) in [4.78, 5) is 22.0. The smallest absolute Gasteiger partial charge is 0.285 e. The number of hydrogen-bond acceptors (Lipinski definition) is 4. The fourth-order valence-electron chi connectivity index (χ4n) is 1.76. The second-order valence-electron chi connectivity index (χ2n) is 4.34. The topological polar surface area (TPSA) is 98.3 Å². The number of halogens is 1. The monoisotopic (exact) mass is 289 g/mol. The van der Waals surface area contributed by atoms with Gasteiger partial charge in [0.2, 0.25) is 0 Å². The first-order chi connectivity index (χ1) is 9.97. The number of benzene rings is 2. The Bertz CT molecular complexity index is 686. The molecule has 0 aliphatic rings. The van der Waals surface area contributed by atoms with Gasteiger partial charge in [0, 0.05) is 12.2 Å². The van der Waals surface area contributed by atoms with Gasteiger partial charge in [-0.05, 0) is 29.8 Å². The number of nitrogens with zero attached hydrogens (tertiary/aromatic N) is 1. The average Bonchev–Trinajstić information content (AvgIpc) is 2.46. The van der Waals surface area contributed by atoms with Crippen molar-refractivity contribution < 1.29 is 14.1 Å². The molecule has 6 nitrogen and oxygen atoms in total. The molecule has 0 spiro atoms. The lowest BCUT2D eigenvalue weighted by Gasteiger charge is -2.06. The number of carbonyl (C=O) groups is 1. The molecule has 7 heteroatoms. The zero-order valence-corrected chi connectivity index (χ0v) is 10.9. The highest BCUT2D eigenvalue weighted by atomic mass is 19.1. The Hall–Kier alpha value is -2.96. The molecule has 2 aromatic carbocycles. The minimum Gasteiger partial charge on any atom is -0.399 e. The lowest BCUT2D eigenvalue weighted by molar-refractivity contribution is -0.385. The van der Waals surface area contributed by atoms with E-state index in [4.69, 9.17) is 5.73 Å². The number of anilines is 1. The predicted octanol–water partition coefficient (Wildman–Crippen LogP) is 2.25. The first-order valence-electron chi connectivity index (χ1n) is 6.04. The third-order valence-electron chi connectivity index (χ3n) is 2.83. The lowest BCUT2D eigenvalue weighted by Crippen LogP contribution is -2.23. The molecule has 108 valence electrons. The molecular weight excluding hydrogens is 277 g/mol. The molecule has 21 heavy (non-hydrogen) atoms. The number of nitrogens with two attached hydrogens (primary N) is 1. The Balaban J connectivity index is 2.13. The van der Waals surface area contributed by atoms with Crippen LogP contribution in [-0.2, 0) is 6.54 Å². The molecule has 1 amide bonds. The molecule has 3 N–H and O–H groups in total. The van der Waals surface area contributed by atoms with Gasteiger partial charge in [-0.1, -0.05) is 12.1 Å². The van der Waals surface area contributed by atoms with Crippen molar-refractivity contribution >= 4 is 17.3 Å². The third-order valence-corrected chi connectivity index (χ3v) is 2.83. The molecule has 0 saturated carbocycles. The van der Waals surface area contributed by atoms with Crippen molar-refractivity contribution in [2.45, 2.75) is 6.54 Å². The van der Waals surface area contributed by atoms with Crippen molar-refractivity contribution in [1.29, 1.82) is 0 Å². The van der Waals surface area contributed by atoms with Gasteiger partial charge >= 0.3 is 0 Å². The molecule has 0 heterocycles. The molecule has 0 unspecified atom stereocenters. The highest BCUT2D eigenvalue weighted by molar-refractivity contribution is 5.98. The van der Waals surface area contributed by atoms with Crippen LogP contribution in [0.4, 0.5) is 15.8 Å². The van der Waals surface area contributed by atoms with E-state index in [1.807, 2.05) is 0 Å². The van der Waals surface area contributed by atoms with Crippen LogP contribution in [-0.4, -0.2) is 10.8 Å². The van der Waals surface area contributed by atoms with E-state index in [0.29, 0.717) is 5.69 Å². The maximum atomic E-state index is 13.0. The maximum Gasteiger partial charge on any atom is 0.285 e. The SMILES string of the molecule is Nc1ccc(CNC(=O)c2ccc(F)cc2[N+](=O)[O-])cc1. The fourth-order valence-corrected chi connectivity index (χ4v) is 1.76. The van der Waals surface area contributed by atoms with Gasteiger partial charge in [-0.2, -0.15) is 0 Å². The highest BCUT2D eigenvalue weighted by Crippen LogP contribution is 2.19. The van der Waals surface area contributed by atoms with Gasteiger partial charge in [0.25, 0.3) is 11.6 Å². The molecular formula is C14H12FN3O3. The first kappa shape index (κ1) is 14.4. The maximum absolute atomic E-state index is 13.0. The first-order valence-corrected chi connectivity index (χ1v) is 6.04. The molecule has 0 aliphatic carbocycles. The van der Waals surface area contributed by atoms with Crippen molar-refractivity contribution in [2.75, 3.05) is 5.73 Å². The molecule has 2 aromatic rings. The molecule has 0 bridgehead atoms. The quantitative estimate of drug-likeness (QED) is 0.512. The van der Waals surface area contributed by atoms with Gasteiger partial charge in [0.1, 0.15) is 11.4 Å². The Morgan fingerprint density at radius 1 is 1.24 bits per heavy atom. The molecule has 0 aliphatic heterocycles. The van der Waals surface area contributed by atoms with E-state index in [-0.39, 0.29) is 12.1 Å². The van der Waals surface area contributed by atoms with E-state index < -0.39 is 22.3 Å². The van der Waals surface area contributed by atoms with Gasteiger partial charge < -0.3 is 11.1 Å². The van der Waals surface area contributed by atoms with E-state index in [1.165, 1.54) is 0 Å². The summed E-state index contributed by atoms with van der Waals surface area (Å²) in [6, 6.07) is 9.64. The number of hydrogen-bond donors (Lipinski definition) is 2. The van der Waals surface area contributed by atoms with Crippen molar-refractivity contribution in [3.63, 3.8) is 0 Å². The zero-order chi connectivity index (χ0) is 15.4. The summed E-state index contributed by atoms with van der Waals surface area (Å²) in [6.07, 6.45) is 0. The van der Waals surface area contributed by atoms with Crippen molar-refractivity contribution in [2.24, 2.45) is 0 Å². The molecule has 0 aromatic heterocycles. The van der Waals surface area contributed by atoms with Crippen molar-refractivity contribution in [1.82, 2.24) is 5.32 Å². The summed E-state index contributed by atoms with van der Waals surface area (Å²) < 4.78 is 13.0. The Kier molecular flexibility index (Phi) is 4.13. The molecule has 0 radical (unpaired) electrons. The van der Waals surface area contributed by atoms with E-state index in [0.717, 1.165) is 23.8 Å². The van der Waals surface area contributed by atoms with Crippen LogP contribution in [0.25, 0.3) is 0 Å². The molecule has 0 fully saturated rings. The number of rotatable bonds is 4. The minimum atomic E-state index is -0.790. The predicted molar refractivity (Wildman–Crippen MR) is 75.1 cm³/mol. The Morgan fingerprint density at radius 2 is 1.90 bits per heavy atom. The minimum absolute atomic E-state index is 0.183. The number of carbonyl (C=O) groups excluding carboxylic acids is 1. The van der Waals surface area contributed by atoms with Crippen LogP contribution >= 0.6 is 0 Å². The van der Waals surface area contributed by atoms with Crippen LogP contribution in [0.3, 0.4) is 0 Å². The summed E-state index contributed by atoms with van der Waals surface area (Å²) in [5.74, 6) is -1.41. The van der Waals surface area contributed by atoms with Gasteiger partial charge in [0.15, 0.2) is 0 Å². The average molecular weight is 289 g/mol. The van der Waals surface area contributed by atoms with Crippen LogP contribution in [0.1, 0.15) is 15.9 Å². The number of nitro benzene ring substituents is 1. The summed E-state index contributed by atoms with van der Waals surface area (Å²) >= 11 is 0. The Morgan fingerprint density at radius 3 is 2.52 bits per heavy atom. The van der Waals surface area contributed by atoms with Gasteiger partial charge in [-0.3, -0.25) is 14.9 Å². The van der Waals surface area contributed by atoms with Crippen molar-refractivity contribution in [3.05, 3.63) is 69.5 Å². The number of nitrogens with one attached hydrogen (secondary N) is 1. The Labute approximate surface area is 119 Å². The van der Waals surface area contributed by atoms with Gasteiger partial charge in [0.05, 0.1) is 11.0 Å². The summed E-state index contributed by atoms with van der Waals surface area (Å²) in [5.41, 5.74) is 6.19. The fraction of sp³-hybridized carbons (Fsp3) is 0.0714. The van der Waals surface area contributed by atoms with Crippen LogP contribution < -0.4 is 11.1 Å². The standard InChI is InChI=1S/C14H12FN3O3/c15-10-3-6-12(13(7-10)18(20)21)14(19)17-8-9-1-4-11(16)5-2-9/h1-7H,8,16H2,(H,17,19). The molecule has 2 rings (SSSR count). The largest absolute Gasteiger partial charge is 0.399 e. The van der Waals surface area contributed by atoms with Gasteiger partial charge in [-0.25, -0.2) is 4.39 Å². The van der Waals surface area contributed by atoms with E-state index >= 15 is 0 Å². The molecule has 0 atom stereocenters. The highest BCUT2D eigenvalue weighted by Gasteiger charge is 2.20. The molecule has 0 saturated heterocycles. The number of amides is 1. The summed E-state index contributed by atoms with van der Waals surface area (Å²) in [7, 11) is 0. The zero-order valence-electron chi connectivity index (χ0n) is 10.9. The lowest BCUT2D eigenvalue weighted by atomic mass is 10.1. The van der Waals surface area contributed by atoms with E-state index in [2.05, 4.69) is 5.32 Å². The third kappa shape index (κ3) is 3.53.